The highest BCUT2D eigenvalue weighted by molar-refractivity contribution is 5.99. The van der Waals surface area contributed by atoms with Gasteiger partial charge in [-0.3, -0.25) is 19.9 Å². The summed E-state index contributed by atoms with van der Waals surface area (Å²) in [5.74, 6) is 0.884. The first-order valence-electron chi connectivity index (χ1n) is 11.2. The fourth-order valence-corrected chi connectivity index (χ4v) is 2.85. The van der Waals surface area contributed by atoms with E-state index in [4.69, 9.17) is 4.99 Å². The van der Waals surface area contributed by atoms with Crippen molar-refractivity contribution >= 4 is 18.3 Å². The van der Waals surface area contributed by atoms with Crippen molar-refractivity contribution in [1.29, 1.82) is 0 Å². The lowest BCUT2D eigenvalue weighted by atomic mass is 9.95. The SMILES string of the molecule is C=N/C(=C\C(=N/CN(C)CC)NC1CCCCC1)c1ccc(C)nc1.CC.CC. The Morgan fingerprint density at radius 3 is 2.38 bits per heavy atom. The van der Waals surface area contributed by atoms with Gasteiger partial charge in [0.1, 0.15) is 5.84 Å². The van der Waals surface area contributed by atoms with E-state index in [9.17, 15) is 0 Å². The van der Waals surface area contributed by atoms with Crippen molar-refractivity contribution in [3.63, 3.8) is 0 Å². The van der Waals surface area contributed by atoms with Crippen LogP contribution >= 0.6 is 0 Å². The van der Waals surface area contributed by atoms with E-state index in [1.54, 1.807) is 0 Å². The van der Waals surface area contributed by atoms with Crippen LogP contribution in [0, 0.1) is 6.92 Å². The second-order valence-electron chi connectivity index (χ2n) is 6.71. The van der Waals surface area contributed by atoms with Crippen molar-refractivity contribution in [2.75, 3.05) is 20.3 Å². The van der Waals surface area contributed by atoms with Crippen LogP contribution in [0.3, 0.4) is 0 Å². The number of rotatable bonds is 7. The van der Waals surface area contributed by atoms with E-state index in [1.165, 1.54) is 32.1 Å². The second kappa shape index (κ2) is 16.9. The summed E-state index contributed by atoms with van der Waals surface area (Å²) in [6.07, 6.45) is 10.2. The van der Waals surface area contributed by atoms with Gasteiger partial charge in [0.15, 0.2) is 0 Å². The van der Waals surface area contributed by atoms with Crippen molar-refractivity contribution in [3.05, 3.63) is 35.7 Å². The number of nitrogens with one attached hydrogen (secondary N) is 1. The normalized spacial score (nSPS) is 15.0. The molecule has 0 bridgehead atoms. The van der Waals surface area contributed by atoms with Gasteiger partial charge in [0, 0.05) is 29.6 Å². The quantitative estimate of drug-likeness (QED) is 0.470. The van der Waals surface area contributed by atoms with Crippen LogP contribution in [0.15, 0.2) is 34.4 Å². The Hall–Kier alpha value is -2.01. The lowest BCUT2D eigenvalue weighted by Gasteiger charge is -2.24. The summed E-state index contributed by atoms with van der Waals surface area (Å²) in [5, 5.41) is 3.62. The molecule has 0 amide bonds. The van der Waals surface area contributed by atoms with E-state index >= 15 is 0 Å². The van der Waals surface area contributed by atoms with E-state index < -0.39 is 0 Å². The molecule has 0 unspecified atom stereocenters. The molecule has 2 rings (SSSR count). The fraction of sp³-hybridized carbons (Fsp3) is 0.625. The van der Waals surface area contributed by atoms with E-state index in [2.05, 4.69) is 40.9 Å². The van der Waals surface area contributed by atoms with Crippen LogP contribution in [0.1, 0.15) is 78.0 Å². The molecular weight excluding hydrogens is 358 g/mol. The van der Waals surface area contributed by atoms with Gasteiger partial charge >= 0.3 is 0 Å². The van der Waals surface area contributed by atoms with Gasteiger partial charge < -0.3 is 5.32 Å². The van der Waals surface area contributed by atoms with Gasteiger partial charge in [0.05, 0.1) is 12.4 Å². The molecule has 1 fully saturated rings. The summed E-state index contributed by atoms with van der Waals surface area (Å²) in [6.45, 7) is 17.5. The van der Waals surface area contributed by atoms with Crippen molar-refractivity contribution in [3.8, 4) is 0 Å². The van der Waals surface area contributed by atoms with E-state index in [0.29, 0.717) is 12.7 Å². The van der Waals surface area contributed by atoms with Crippen LogP contribution in [0.25, 0.3) is 5.70 Å². The maximum Gasteiger partial charge on any atom is 0.124 e. The molecule has 164 valence electrons. The Morgan fingerprint density at radius 2 is 1.86 bits per heavy atom. The van der Waals surface area contributed by atoms with Crippen LogP contribution in [-0.2, 0) is 0 Å². The number of aromatic nitrogens is 1. The molecule has 0 atom stereocenters. The Morgan fingerprint density at radius 1 is 1.21 bits per heavy atom. The largest absolute Gasteiger partial charge is 0.368 e. The minimum atomic E-state index is 0.498. The first kappa shape index (κ1) is 27.0. The molecule has 0 radical (unpaired) electrons. The lowest BCUT2D eigenvalue weighted by molar-refractivity contribution is 0.364. The molecule has 1 saturated carbocycles. The zero-order valence-corrected chi connectivity index (χ0v) is 19.8. The molecule has 5 nitrogen and oxygen atoms in total. The third-order valence-corrected chi connectivity index (χ3v) is 4.63. The molecule has 1 aliphatic rings. The first-order chi connectivity index (χ1) is 14.1. The average molecular weight is 402 g/mol. The highest BCUT2D eigenvalue weighted by Crippen LogP contribution is 2.19. The van der Waals surface area contributed by atoms with E-state index in [-0.39, 0.29) is 0 Å². The number of amidine groups is 1. The van der Waals surface area contributed by atoms with Crippen LogP contribution in [0.2, 0.25) is 0 Å². The Balaban J connectivity index is 0.00000184. The molecule has 0 aliphatic heterocycles. The number of hydrogen-bond donors (Lipinski definition) is 1. The Kier molecular flexibility index (Phi) is 15.7. The highest BCUT2D eigenvalue weighted by atomic mass is 15.2. The molecule has 29 heavy (non-hydrogen) atoms. The van der Waals surface area contributed by atoms with Gasteiger partial charge in [-0.15, -0.1) is 0 Å². The molecule has 1 aromatic heterocycles. The molecular formula is C24H43N5. The lowest BCUT2D eigenvalue weighted by Crippen LogP contribution is -2.36. The average Bonchev–Trinajstić information content (AvgIpc) is 2.79. The summed E-state index contributed by atoms with van der Waals surface area (Å²) in [6, 6.07) is 4.52. The summed E-state index contributed by atoms with van der Waals surface area (Å²) in [5.41, 5.74) is 2.75. The minimum absolute atomic E-state index is 0.498. The molecule has 0 spiro atoms. The summed E-state index contributed by atoms with van der Waals surface area (Å²) in [4.78, 5) is 15.5. The van der Waals surface area contributed by atoms with Crippen LogP contribution < -0.4 is 5.32 Å². The number of pyridine rings is 1. The third kappa shape index (κ3) is 10.9. The number of hydrogen-bond acceptors (Lipinski definition) is 4. The highest BCUT2D eigenvalue weighted by Gasteiger charge is 2.14. The molecule has 0 saturated heterocycles. The van der Waals surface area contributed by atoms with Crippen molar-refractivity contribution in [2.24, 2.45) is 9.98 Å². The number of aryl methyl sites for hydroxylation is 1. The van der Waals surface area contributed by atoms with Crippen molar-refractivity contribution in [2.45, 2.75) is 79.7 Å². The van der Waals surface area contributed by atoms with Crippen molar-refractivity contribution < 1.29 is 0 Å². The van der Waals surface area contributed by atoms with Gasteiger partial charge in [-0.1, -0.05) is 53.9 Å². The monoisotopic (exact) mass is 401 g/mol. The molecule has 5 heteroatoms. The van der Waals surface area contributed by atoms with Gasteiger partial charge in [-0.25, -0.2) is 0 Å². The summed E-state index contributed by atoms with van der Waals surface area (Å²) >= 11 is 0. The summed E-state index contributed by atoms with van der Waals surface area (Å²) in [7, 11) is 2.07. The Labute approximate surface area is 179 Å². The third-order valence-electron chi connectivity index (χ3n) is 4.63. The predicted molar refractivity (Wildman–Crippen MR) is 130 cm³/mol. The van der Waals surface area contributed by atoms with Crippen LogP contribution in [0.4, 0.5) is 0 Å². The fourth-order valence-electron chi connectivity index (χ4n) is 2.85. The summed E-state index contributed by atoms with van der Waals surface area (Å²) < 4.78 is 0. The first-order valence-corrected chi connectivity index (χ1v) is 11.2. The molecule has 1 heterocycles. The van der Waals surface area contributed by atoms with Crippen LogP contribution in [-0.4, -0.2) is 48.7 Å². The van der Waals surface area contributed by atoms with E-state index in [0.717, 1.165) is 29.3 Å². The van der Waals surface area contributed by atoms with Crippen molar-refractivity contribution in [1.82, 2.24) is 15.2 Å². The van der Waals surface area contributed by atoms with Crippen LogP contribution in [0.5, 0.6) is 0 Å². The Bertz CT molecular complexity index is 598. The maximum atomic E-state index is 4.77. The zero-order valence-electron chi connectivity index (χ0n) is 19.8. The smallest absolute Gasteiger partial charge is 0.124 e. The maximum absolute atomic E-state index is 4.77. The molecule has 1 aliphatic carbocycles. The molecule has 1 N–H and O–H groups in total. The minimum Gasteiger partial charge on any atom is -0.368 e. The molecule has 1 aromatic rings. The number of nitrogens with zero attached hydrogens (tertiary/aromatic N) is 4. The van der Waals surface area contributed by atoms with E-state index in [1.807, 2.05) is 59.0 Å². The predicted octanol–water partition coefficient (Wildman–Crippen LogP) is 5.71. The van der Waals surface area contributed by atoms with Gasteiger partial charge in [0.25, 0.3) is 0 Å². The topological polar surface area (TPSA) is 52.9 Å². The van der Waals surface area contributed by atoms with Gasteiger partial charge in [-0.05, 0) is 52.2 Å². The zero-order chi connectivity index (χ0) is 22.1. The number of aliphatic imine (C=N–C) groups is 2. The molecule has 0 aromatic carbocycles. The standard InChI is InChI=1S/C20H31N5.2C2H6/c1-5-25(4)15-23-20(24-18-9-7-6-8-10-18)13-19(21-3)17-12-11-16(2)22-14-17;2*1-2/h11-14,18H,3,5-10,15H2,1-2,4H3,(H,23,24);2*1-2H3/b19-13-;;. The van der Waals surface area contributed by atoms with Gasteiger partial charge in [-0.2, -0.15) is 0 Å². The second-order valence-corrected chi connectivity index (χ2v) is 6.71. The van der Waals surface area contributed by atoms with Gasteiger partial charge in [0.2, 0.25) is 0 Å².